The summed E-state index contributed by atoms with van der Waals surface area (Å²) in [4.78, 5) is 12.6. The lowest BCUT2D eigenvalue weighted by Crippen LogP contribution is -2.37. The van der Waals surface area contributed by atoms with Crippen LogP contribution < -0.4 is 5.32 Å². The number of urea groups is 1. The first-order valence-corrected chi connectivity index (χ1v) is 5.41. The van der Waals surface area contributed by atoms with E-state index < -0.39 is 0 Å². The van der Waals surface area contributed by atoms with E-state index in [-0.39, 0.29) is 6.03 Å². The molecule has 0 rings (SSSR count). The molecule has 12 heavy (non-hydrogen) atoms. The highest BCUT2D eigenvalue weighted by Gasteiger charge is 2.05. The van der Waals surface area contributed by atoms with Crippen molar-refractivity contribution in [3.05, 3.63) is 0 Å². The van der Waals surface area contributed by atoms with Crippen molar-refractivity contribution in [2.24, 2.45) is 5.92 Å². The van der Waals surface area contributed by atoms with Crippen LogP contribution in [0.4, 0.5) is 4.79 Å². The van der Waals surface area contributed by atoms with Gasteiger partial charge >= 0.3 is 6.03 Å². The molecule has 0 aliphatic heterocycles. The van der Waals surface area contributed by atoms with Crippen LogP contribution in [0.25, 0.3) is 0 Å². The van der Waals surface area contributed by atoms with Crippen LogP contribution in [0, 0.1) is 5.92 Å². The van der Waals surface area contributed by atoms with Crippen molar-refractivity contribution >= 4 is 17.8 Å². The molecule has 0 saturated heterocycles. The normalized spacial score (nSPS) is 12.3. The van der Waals surface area contributed by atoms with E-state index in [1.165, 1.54) is 0 Å². The predicted molar refractivity (Wildman–Crippen MR) is 54.6 cm³/mol. The van der Waals surface area contributed by atoms with Gasteiger partial charge in [0.15, 0.2) is 0 Å². The summed E-state index contributed by atoms with van der Waals surface area (Å²) < 4.78 is 0. The van der Waals surface area contributed by atoms with Gasteiger partial charge in [0.25, 0.3) is 0 Å². The lowest BCUT2D eigenvalue weighted by molar-refractivity contribution is 0.216. The van der Waals surface area contributed by atoms with Gasteiger partial charge in [0.1, 0.15) is 0 Å². The smallest absolute Gasteiger partial charge is 0.316 e. The van der Waals surface area contributed by atoms with E-state index in [0.717, 1.165) is 12.3 Å². The van der Waals surface area contributed by atoms with Gasteiger partial charge in [-0.1, -0.05) is 6.92 Å². The summed E-state index contributed by atoms with van der Waals surface area (Å²) in [5.74, 6) is 1.64. The summed E-state index contributed by atoms with van der Waals surface area (Å²) in [6.45, 7) is 2.89. The second-order valence-electron chi connectivity index (χ2n) is 3.14. The molecule has 0 heterocycles. The van der Waals surface area contributed by atoms with Crippen LogP contribution in [-0.4, -0.2) is 43.6 Å². The molecular weight excluding hydrogens is 172 g/mol. The average Bonchev–Trinajstić information content (AvgIpc) is 2.00. The summed E-state index contributed by atoms with van der Waals surface area (Å²) in [6.07, 6.45) is 2.07. The van der Waals surface area contributed by atoms with E-state index >= 15 is 0 Å². The first kappa shape index (κ1) is 11.6. The molecule has 0 radical (unpaired) electrons. The topological polar surface area (TPSA) is 32.3 Å². The fourth-order valence-electron chi connectivity index (χ4n) is 0.763. The molecular formula is C8H18N2OS. The summed E-state index contributed by atoms with van der Waals surface area (Å²) in [5, 5.41) is 2.84. The van der Waals surface area contributed by atoms with E-state index in [4.69, 9.17) is 0 Å². The van der Waals surface area contributed by atoms with E-state index in [1.807, 2.05) is 0 Å². The highest BCUT2D eigenvalue weighted by molar-refractivity contribution is 7.98. The Labute approximate surface area is 78.9 Å². The van der Waals surface area contributed by atoms with Gasteiger partial charge in [-0.15, -0.1) is 0 Å². The monoisotopic (exact) mass is 190 g/mol. The fourth-order valence-corrected chi connectivity index (χ4v) is 1.45. The molecule has 0 saturated carbocycles. The van der Waals surface area contributed by atoms with Gasteiger partial charge in [0.2, 0.25) is 0 Å². The number of hydrogen-bond donors (Lipinski definition) is 1. The van der Waals surface area contributed by atoms with Crippen molar-refractivity contribution in [2.75, 3.05) is 32.6 Å². The highest BCUT2D eigenvalue weighted by Crippen LogP contribution is 2.02. The molecule has 3 nitrogen and oxygen atoms in total. The van der Waals surface area contributed by atoms with Crippen molar-refractivity contribution < 1.29 is 4.79 Å². The summed E-state index contributed by atoms with van der Waals surface area (Å²) >= 11 is 1.80. The number of rotatable bonds is 4. The average molecular weight is 190 g/mol. The van der Waals surface area contributed by atoms with E-state index in [2.05, 4.69) is 18.5 Å². The van der Waals surface area contributed by atoms with Crippen LogP contribution in [0.15, 0.2) is 0 Å². The predicted octanol–water partition coefficient (Wildman–Crippen LogP) is 1.26. The van der Waals surface area contributed by atoms with Crippen molar-refractivity contribution in [3.8, 4) is 0 Å². The number of thioether (sulfide) groups is 1. The van der Waals surface area contributed by atoms with Crippen LogP contribution in [0.2, 0.25) is 0 Å². The minimum atomic E-state index is -0.0112. The van der Waals surface area contributed by atoms with Gasteiger partial charge in [0, 0.05) is 20.6 Å². The zero-order chi connectivity index (χ0) is 9.56. The highest BCUT2D eigenvalue weighted by atomic mass is 32.2. The Morgan fingerprint density at radius 1 is 1.58 bits per heavy atom. The standard InChI is InChI=1S/C8H18N2OS/c1-7(6-12-4)5-9-8(11)10(2)3/h7H,5-6H2,1-4H3,(H,9,11). The molecule has 1 atom stereocenters. The molecule has 2 amide bonds. The Kier molecular flexibility index (Phi) is 5.98. The van der Waals surface area contributed by atoms with Crippen LogP contribution in [0.5, 0.6) is 0 Å². The van der Waals surface area contributed by atoms with Crippen LogP contribution in [0.3, 0.4) is 0 Å². The Morgan fingerprint density at radius 2 is 2.17 bits per heavy atom. The molecule has 0 aliphatic rings. The lowest BCUT2D eigenvalue weighted by Gasteiger charge is -2.14. The summed E-state index contributed by atoms with van der Waals surface area (Å²) in [7, 11) is 3.49. The third-order valence-electron chi connectivity index (χ3n) is 1.46. The zero-order valence-corrected chi connectivity index (χ0v) is 9.07. The first-order valence-electron chi connectivity index (χ1n) is 4.02. The molecule has 72 valence electrons. The minimum Gasteiger partial charge on any atom is -0.338 e. The molecule has 0 aromatic carbocycles. The minimum absolute atomic E-state index is 0.0112. The van der Waals surface area contributed by atoms with Crippen LogP contribution in [0.1, 0.15) is 6.92 Å². The molecule has 0 aliphatic carbocycles. The van der Waals surface area contributed by atoms with E-state index in [0.29, 0.717) is 5.92 Å². The number of hydrogen-bond acceptors (Lipinski definition) is 2. The third kappa shape index (κ3) is 5.29. The second-order valence-corrected chi connectivity index (χ2v) is 4.05. The molecule has 0 fully saturated rings. The van der Waals surface area contributed by atoms with Crippen LogP contribution in [-0.2, 0) is 0 Å². The first-order chi connectivity index (χ1) is 5.57. The van der Waals surface area contributed by atoms with Crippen molar-refractivity contribution in [1.29, 1.82) is 0 Å². The van der Waals surface area contributed by atoms with Gasteiger partial charge in [-0.2, -0.15) is 11.8 Å². The molecule has 4 heteroatoms. The number of nitrogens with one attached hydrogen (secondary N) is 1. The summed E-state index contributed by atoms with van der Waals surface area (Å²) in [5.41, 5.74) is 0. The molecule has 0 bridgehead atoms. The Bertz CT molecular complexity index is 139. The fraction of sp³-hybridized carbons (Fsp3) is 0.875. The van der Waals surface area contributed by atoms with E-state index in [1.54, 1.807) is 30.8 Å². The van der Waals surface area contributed by atoms with Gasteiger partial charge in [-0.25, -0.2) is 4.79 Å². The van der Waals surface area contributed by atoms with Crippen molar-refractivity contribution in [2.45, 2.75) is 6.92 Å². The Balaban J connectivity index is 3.47. The molecule has 1 N–H and O–H groups in total. The SMILES string of the molecule is CSCC(C)CNC(=O)N(C)C. The molecule has 0 aromatic rings. The maximum Gasteiger partial charge on any atom is 0.316 e. The molecule has 0 aromatic heterocycles. The number of carbonyl (C=O) groups excluding carboxylic acids is 1. The third-order valence-corrected chi connectivity index (χ3v) is 2.36. The van der Waals surface area contributed by atoms with Gasteiger partial charge < -0.3 is 10.2 Å². The van der Waals surface area contributed by atoms with Gasteiger partial charge in [-0.05, 0) is 17.9 Å². The zero-order valence-electron chi connectivity index (χ0n) is 8.26. The van der Waals surface area contributed by atoms with Crippen molar-refractivity contribution in [1.82, 2.24) is 10.2 Å². The Morgan fingerprint density at radius 3 is 2.58 bits per heavy atom. The number of carbonyl (C=O) groups is 1. The largest absolute Gasteiger partial charge is 0.338 e. The number of nitrogens with zero attached hydrogens (tertiary/aromatic N) is 1. The maximum absolute atomic E-state index is 11.1. The van der Waals surface area contributed by atoms with Gasteiger partial charge in [0.05, 0.1) is 0 Å². The van der Waals surface area contributed by atoms with Crippen LogP contribution >= 0.6 is 11.8 Å². The van der Waals surface area contributed by atoms with Gasteiger partial charge in [-0.3, -0.25) is 0 Å². The lowest BCUT2D eigenvalue weighted by atomic mass is 10.2. The maximum atomic E-state index is 11.1. The Hall–Kier alpha value is -0.380. The molecule has 1 unspecified atom stereocenters. The quantitative estimate of drug-likeness (QED) is 0.724. The number of amides is 2. The van der Waals surface area contributed by atoms with E-state index in [9.17, 15) is 4.79 Å². The summed E-state index contributed by atoms with van der Waals surface area (Å²) in [6, 6.07) is -0.0112. The second kappa shape index (κ2) is 6.17. The molecule has 0 spiro atoms. The van der Waals surface area contributed by atoms with Crippen molar-refractivity contribution in [3.63, 3.8) is 0 Å².